The van der Waals surface area contributed by atoms with Gasteiger partial charge in [0.05, 0.1) is 18.7 Å². The molecule has 0 spiro atoms. The number of alkyl halides is 3. The van der Waals surface area contributed by atoms with Crippen LogP contribution in [0, 0.1) is 5.92 Å². The molecule has 0 radical (unpaired) electrons. The lowest BCUT2D eigenvalue weighted by Gasteiger charge is -2.25. The van der Waals surface area contributed by atoms with E-state index in [1.807, 2.05) is 17.0 Å². The van der Waals surface area contributed by atoms with Crippen molar-refractivity contribution >= 4 is 11.8 Å². The lowest BCUT2D eigenvalue weighted by Crippen LogP contribution is -2.40. The summed E-state index contributed by atoms with van der Waals surface area (Å²) in [6.45, 7) is 1.78. The maximum atomic E-state index is 13.2. The van der Waals surface area contributed by atoms with Gasteiger partial charge < -0.3 is 19.3 Å². The van der Waals surface area contributed by atoms with Crippen molar-refractivity contribution in [1.29, 1.82) is 0 Å². The fourth-order valence-corrected chi connectivity index (χ4v) is 5.25. The number of ether oxygens (including phenoxy) is 2. The zero-order chi connectivity index (χ0) is 27.6. The fourth-order valence-electron chi connectivity index (χ4n) is 5.25. The van der Waals surface area contributed by atoms with Crippen molar-refractivity contribution in [3.05, 3.63) is 83.6 Å². The van der Waals surface area contributed by atoms with Gasteiger partial charge in [-0.05, 0) is 73.0 Å². The third-order valence-corrected chi connectivity index (χ3v) is 7.31. The number of aromatic nitrogens is 1. The Labute approximate surface area is 224 Å². The Morgan fingerprint density at radius 2 is 1.69 bits per heavy atom. The first-order chi connectivity index (χ1) is 18.7. The third kappa shape index (κ3) is 6.00. The number of aryl methyl sites for hydroxylation is 1. The number of carbonyl (C=O) groups is 2. The van der Waals surface area contributed by atoms with E-state index in [1.165, 1.54) is 12.1 Å². The van der Waals surface area contributed by atoms with Gasteiger partial charge in [0.1, 0.15) is 11.5 Å². The SMILES string of the molecule is COc1cc(CCC(=O)N2CC[C@H]3CN(C(=O)c4ccc(Oc5ccc(C(F)(F)F)cc5)cc4)C[C@H]32)ccn1. The number of amides is 2. The summed E-state index contributed by atoms with van der Waals surface area (Å²) in [6.07, 6.45) is -0.908. The molecular formula is C29H28F3N3O4. The number of hydrogen-bond acceptors (Lipinski definition) is 5. The van der Waals surface area contributed by atoms with Gasteiger partial charge in [-0.1, -0.05) is 0 Å². The Balaban J connectivity index is 1.15. The van der Waals surface area contributed by atoms with E-state index in [0.29, 0.717) is 49.7 Å². The Morgan fingerprint density at radius 1 is 1.00 bits per heavy atom. The summed E-state index contributed by atoms with van der Waals surface area (Å²) in [4.78, 5) is 34.0. The maximum Gasteiger partial charge on any atom is 0.416 e. The second-order valence-electron chi connectivity index (χ2n) is 9.77. The number of likely N-dealkylation sites (tertiary alicyclic amines) is 2. The molecule has 1 aromatic heterocycles. The zero-order valence-corrected chi connectivity index (χ0v) is 21.4. The van der Waals surface area contributed by atoms with Gasteiger partial charge in [0, 0.05) is 49.8 Å². The van der Waals surface area contributed by atoms with Crippen LogP contribution in [0.15, 0.2) is 66.9 Å². The number of rotatable bonds is 7. The highest BCUT2D eigenvalue weighted by molar-refractivity contribution is 5.94. The van der Waals surface area contributed by atoms with Gasteiger partial charge in [-0.15, -0.1) is 0 Å². The van der Waals surface area contributed by atoms with Crippen molar-refractivity contribution in [1.82, 2.24) is 14.8 Å². The van der Waals surface area contributed by atoms with Crippen LogP contribution in [0.25, 0.3) is 0 Å². The zero-order valence-electron chi connectivity index (χ0n) is 21.4. The quantitative estimate of drug-likeness (QED) is 0.413. The van der Waals surface area contributed by atoms with Crippen molar-refractivity contribution in [2.45, 2.75) is 31.5 Å². The number of halogens is 3. The van der Waals surface area contributed by atoms with Gasteiger partial charge in [-0.2, -0.15) is 13.2 Å². The van der Waals surface area contributed by atoms with Crippen LogP contribution in [0.1, 0.15) is 34.3 Å². The van der Waals surface area contributed by atoms with Crippen molar-refractivity contribution in [3.8, 4) is 17.4 Å². The number of benzene rings is 2. The van der Waals surface area contributed by atoms with Crippen molar-refractivity contribution in [3.63, 3.8) is 0 Å². The van der Waals surface area contributed by atoms with E-state index < -0.39 is 11.7 Å². The molecule has 2 aromatic carbocycles. The summed E-state index contributed by atoms with van der Waals surface area (Å²) in [5.74, 6) is 1.40. The molecule has 3 aromatic rings. The summed E-state index contributed by atoms with van der Waals surface area (Å²) in [6, 6.07) is 14.7. The van der Waals surface area contributed by atoms with E-state index in [9.17, 15) is 22.8 Å². The molecule has 2 amide bonds. The molecule has 5 rings (SSSR count). The van der Waals surface area contributed by atoms with Gasteiger partial charge in [-0.25, -0.2) is 4.98 Å². The van der Waals surface area contributed by atoms with Crippen LogP contribution in [0.3, 0.4) is 0 Å². The number of carbonyl (C=O) groups excluding carboxylic acids is 2. The summed E-state index contributed by atoms with van der Waals surface area (Å²) in [7, 11) is 1.56. The lowest BCUT2D eigenvalue weighted by atomic mass is 10.0. The van der Waals surface area contributed by atoms with Gasteiger partial charge in [0.2, 0.25) is 11.8 Å². The molecule has 2 fully saturated rings. The Kier molecular flexibility index (Phi) is 7.45. The van der Waals surface area contributed by atoms with E-state index in [1.54, 1.807) is 42.5 Å². The van der Waals surface area contributed by atoms with Crippen LogP contribution in [-0.4, -0.2) is 59.4 Å². The number of hydrogen-bond donors (Lipinski definition) is 0. The van der Waals surface area contributed by atoms with Gasteiger partial charge in [0.25, 0.3) is 5.91 Å². The molecule has 7 nitrogen and oxygen atoms in total. The van der Waals surface area contributed by atoms with Gasteiger partial charge >= 0.3 is 6.18 Å². The molecule has 2 saturated heterocycles. The second kappa shape index (κ2) is 11.0. The highest BCUT2D eigenvalue weighted by Crippen LogP contribution is 2.34. The average molecular weight is 540 g/mol. The molecule has 39 heavy (non-hydrogen) atoms. The molecule has 2 aliphatic rings. The van der Waals surface area contributed by atoms with Crippen LogP contribution in [0.4, 0.5) is 13.2 Å². The lowest BCUT2D eigenvalue weighted by molar-refractivity contribution is -0.137. The predicted molar refractivity (Wildman–Crippen MR) is 137 cm³/mol. The fraction of sp³-hybridized carbons (Fsp3) is 0.345. The standard InChI is InChI=1S/C29H28F3N3O4/c1-38-26-16-19(12-14-33-26)2-11-27(36)35-15-13-21-17-34(18-25(21)35)28(37)20-3-7-23(8-4-20)39-24-9-5-22(6-10-24)29(30,31)32/h3-10,12,14,16,21,25H,2,11,13,15,17-18H2,1H3/t21-,25+/m0/s1. The first kappa shape index (κ1) is 26.5. The Hall–Kier alpha value is -4.08. The smallest absolute Gasteiger partial charge is 0.416 e. The van der Waals surface area contributed by atoms with Crippen LogP contribution in [-0.2, 0) is 17.4 Å². The number of fused-ring (bicyclic) bond motifs is 1. The van der Waals surface area contributed by atoms with Crippen LogP contribution in [0.2, 0.25) is 0 Å². The van der Waals surface area contributed by atoms with Crippen LogP contribution < -0.4 is 9.47 Å². The minimum atomic E-state index is -4.41. The normalized spacial score (nSPS) is 18.7. The predicted octanol–water partition coefficient (Wildman–Crippen LogP) is 5.21. The van der Waals surface area contributed by atoms with E-state index in [-0.39, 0.29) is 29.5 Å². The van der Waals surface area contributed by atoms with Crippen molar-refractivity contribution in [2.24, 2.45) is 5.92 Å². The summed E-state index contributed by atoms with van der Waals surface area (Å²) >= 11 is 0. The third-order valence-electron chi connectivity index (χ3n) is 7.31. The van der Waals surface area contributed by atoms with E-state index in [2.05, 4.69) is 4.98 Å². The monoisotopic (exact) mass is 539 g/mol. The Morgan fingerprint density at radius 3 is 2.36 bits per heavy atom. The van der Waals surface area contributed by atoms with Crippen LogP contribution in [0.5, 0.6) is 17.4 Å². The molecule has 0 N–H and O–H groups in total. The molecular weight excluding hydrogens is 511 g/mol. The number of nitrogens with zero attached hydrogens (tertiary/aromatic N) is 3. The Bertz CT molecular complexity index is 1330. The summed E-state index contributed by atoms with van der Waals surface area (Å²) in [5.41, 5.74) is 0.722. The van der Waals surface area contributed by atoms with Crippen LogP contribution >= 0.6 is 0 Å². The van der Waals surface area contributed by atoms with Gasteiger partial charge in [-0.3, -0.25) is 9.59 Å². The minimum absolute atomic E-state index is 0.00991. The van der Waals surface area contributed by atoms with E-state index >= 15 is 0 Å². The first-order valence-electron chi connectivity index (χ1n) is 12.7. The van der Waals surface area contributed by atoms with Crippen molar-refractivity contribution in [2.75, 3.05) is 26.7 Å². The van der Waals surface area contributed by atoms with Gasteiger partial charge in [0.15, 0.2) is 0 Å². The molecule has 10 heteroatoms. The maximum absolute atomic E-state index is 13.2. The molecule has 0 bridgehead atoms. The molecule has 3 heterocycles. The number of pyridine rings is 1. The average Bonchev–Trinajstić information content (AvgIpc) is 3.53. The minimum Gasteiger partial charge on any atom is -0.481 e. The molecule has 2 aliphatic heterocycles. The molecule has 0 aliphatic carbocycles. The summed E-state index contributed by atoms with van der Waals surface area (Å²) in [5, 5.41) is 0. The van der Waals surface area contributed by atoms with E-state index in [0.717, 1.165) is 24.1 Å². The highest BCUT2D eigenvalue weighted by atomic mass is 19.4. The number of methoxy groups -OCH3 is 1. The molecule has 0 saturated carbocycles. The largest absolute Gasteiger partial charge is 0.481 e. The first-order valence-corrected chi connectivity index (χ1v) is 12.7. The van der Waals surface area contributed by atoms with E-state index in [4.69, 9.17) is 9.47 Å². The van der Waals surface area contributed by atoms with Crippen molar-refractivity contribution < 1.29 is 32.2 Å². The molecule has 0 unspecified atom stereocenters. The topological polar surface area (TPSA) is 72.0 Å². The second-order valence-corrected chi connectivity index (χ2v) is 9.77. The summed E-state index contributed by atoms with van der Waals surface area (Å²) < 4.78 is 49.0. The molecule has 204 valence electrons. The molecule has 2 atom stereocenters. The highest BCUT2D eigenvalue weighted by Gasteiger charge is 2.44.